The van der Waals surface area contributed by atoms with E-state index in [9.17, 15) is 8.42 Å². The Bertz CT molecular complexity index is 743. The van der Waals surface area contributed by atoms with Crippen molar-refractivity contribution >= 4 is 15.7 Å². The van der Waals surface area contributed by atoms with Crippen molar-refractivity contribution < 1.29 is 8.42 Å². The Balaban J connectivity index is 2.38. The first kappa shape index (κ1) is 15.5. The predicted octanol–water partition coefficient (Wildman–Crippen LogP) is 2.32. The lowest BCUT2D eigenvalue weighted by molar-refractivity contribution is 0.566. The molecule has 1 atom stereocenters. The number of rotatable bonds is 4. The summed E-state index contributed by atoms with van der Waals surface area (Å²) in [7, 11) is -3.69. The van der Waals surface area contributed by atoms with E-state index in [2.05, 4.69) is 9.71 Å². The van der Waals surface area contributed by atoms with Gasteiger partial charge in [0.15, 0.2) is 0 Å². The molecule has 0 saturated heterocycles. The normalized spacial score (nSPS) is 13.1. The third kappa shape index (κ3) is 3.22. The van der Waals surface area contributed by atoms with E-state index in [1.165, 1.54) is 0 Å². The van der Waals surface area contributed by atoms with Gasteiger partial charge in [0.25, 0.3) is 0 Å². The van der Waals surface area contributed by atoms with Crippen LogP contribution in [0.3, 0.4) is 0 Å². The molecule has 0 bridgehead atoms. The van der Waals surface area contributed by atoms with Crippen LogP contribution in [0.2, 0.25) is 0 Å². The first-order valence-corrected chi connectivity index (χ1v) is 8.09. The highest BCUT2D eigenvalue weighted by atomic mass is 32.2. The lowest BCUT2D eigenvalue weighted by atomic mass is 10.1. The maximum absolute atomic E-state index is 12.6. The minimum atomic E-state index is -3.69. The Morgan fingerprint density at radius 1 is 1.19 bits per heavy atom. The Labute approximate surface area is 125 Å². The first-order valence-electron chi connectivity index (χ1n) is 6.61. The maximum atomic E-state index is 12.6. The van der Waals surface area contributed by atoms with Crippen molar-refractivity contribution in [1.29, 1.82) is 0 Å². The van der Waals surface area contributed by atoms with Crippen molar-refractivity contribution in [3.05, 3.63) is 53.3 Å². The van der Waals surface area contributed by atoms with Crippen molar-refractivity contribution in [2.24, 2.45) is 0 Å². The zero-order valence-corrected chi connectivity index (χ0v) is 13.1. The molecule has 21 heavy (non-hydrogen) atoms. The number of anilines is 1. The number of benzene rings is 1. The van der Waals surface area contributed by atoms with Crippen LogP contribution in [0, 0.1) is 13.8 Å². The topological polar surface area (TPSA) is 85.1 Å². The smallest absolute Gasteiger partial charge is 0.243 e. The molecule has 3 N–H and O–H groups in total. The zero-order valence-electron chi connectivity index (χ0n) is 12.3. The van der Waals surface area contributed by atoms with Crippen LogP contribution < -0.4 is 10.5 Å². The molecule has 112 valence electrons. The van der Waals surface area contributed by atoms with Crippen LogP contribution in [0.1, 0.15) is 29.7 Å². The van der Waals surface area contributed by atoms with E-state index < -0.39 is 10.0 Å². The van der Waals surface area contributed by atoms with Crippen LogP contribution in [-0.4, -0.2) is 13.4 Å². The molecular weight excluding hydrogens is 286 g/mol. The summed E-state index contributed by atoms with van der Waals surface area (Å²) < 4.78 is 27.8. The van der Waals surface area contributed by atoms with E-state index in [1.54, 1.807) is 45.3 Å². The summed E-state index contributed by atoms with van der Waals surface area (Å²) in [5.74, 6) is 0. The quantitative estimate of drug-likeness (QED) is 0.849. The fraction of sp³-hybridized carbons (Fsp3) is 0.267. The second-order valence-electron chi connectivity index (χ2n) is 5.07. The number of aromatic nitrogens is 1. The van der Waals surface area contributed by atoms with Gasteiger partial charge in [-0.2, -0.15) is 0 Å². The van der Waals surface area contributed by atoms with Crippen LogP contribution in [0.5, 0.6) is 0 Å². The average Bonchev–Trinajstić information content (AvgIpc) is 2.43. The molecule has 0 aliphatic carbocycles. The molecule has 2 rings (SSSR count). The minimum Gasteiger partial charge on any atom is -0.397 e. The fourth-order valence-electron chi connectivity index (χ4n) is 2.16. The van der Waals surface area contributed by atoms with Crippen LogP contribution >= 0.6 is 0 Å². The highest BCUT2D eigenvalue weighted by Gasteiger charge is 2.23. The summed E-state index contributed by atoms with van der Waals surface area (Å²) in [5.41, 5.74) is 8.42. The van der Waals surface area contributed by atoms with Gasteiger partial charge in [-0.1, -0.05) is 18.2 Å². The molecule has 0 radical (unpaired) electrons. The molecular formula is C15H19N3O2S. The van der Waals surface area contributed by atoms with Gasteiger partial charge in [-0.3, -0.25) is 4.98 Å². The van der Waals surface area contributed by atoms with E-state index in [4.69, 9.17) is 5.73 Å². The van der Waals surface area contributed by atoms with Crippen molar-refractivity contribution in [2.45, 2.75) is 31.7 Å². The summed E-state index contributed by atoms with van der Waals surface area (Å²) in [4.78, 5) is 4.15. The molecule has 0 aliphatic heterocycles. The fourth-order valence-corrected chi connectivity index (χ4v) is 3.82. The molecule has 0 aliphatic rings. The van der Waals surface area contributed by atoms with Gasteiger partial charge < -0.3 is 5.73 Å². The standard InChI is InChI=1S/C15H19N3O2S/c1-10-6-7-11(2)15(14(10)16)21(19,20)18-12(3)13-5-4-8-17-9-13/h4-9,12,18H,16H2,1-3H3. The summed E-state index contributed by atoms with van der Waals surface area (Å²) in [6, 6.07) is 6.78. The molecule has 1 aromatic carbocycles. The molecule has 0 fully saturated rings. The van der Waals surface area contributed by atoms with Gasteiger partial charge in [0.05, 0.1) is 5.69 Å². The molecule has 1 unspecified atom stereocenters. The number of nitrogens with zero attached hydrogens (tertiary/aromatic N) is 1. The number of hydrogen-bond acceptors (Lipinski definition) is 4. The SMILES string of the molecule is Cc1ccc(C)c(S(=O)(=O)NC(C)c2cccnc2)c1N. The zero-order chi connectivity index (χ0) is 15.6. The molecule has 1 heterocycles. The Morgan fingerprint density at radius 2 is 1.86 bits per heavy atom. The molecule has 6 heteroatoms. The number of hydrogen-bond donors (Lipinski definition) is 2. The van der Waals surface area contributed by atoms with E-state index in [0.29, 0.717) is 11.3 Å². The molecule has 0 amide bonds. The van der Waals surface area contributed by atoms with Gasteiger partial charge in [0.1, 0.15) is 4.90 Å². The molecule has 0 spiro atoms. The van der Waals surface area contributed by atoms with Gasteiger partial charge in [0.2, 0.25) is 10.0 Å². The van der Waals surface area contributed by atoms with E-state index in [1.807, 2.05) is 12.1 Å². The van der Waals surface area contributed by atoms with E-state index in [0.717, 1.165) is 11.1 Å². The Morgan fingerprint density at radius 3 is 2.48 bits per heavy atom. The second-order valence-corrected chi connectivity index (χ2v) is 6.72. The second kappa shape index (κ2) is 5.83. The number of aryl methyl sites for hydroxylation is 2. The van der Waals surface area contributed by atoms with Crippen LogP contribution in [0.15, 0.2) is 41.6 Å². The maximum Gasteiger partial charge on any atom is 0.243 e. The largest absolute Gasteiger partial charge is 0.397 e. The summed E-state index contributed by atoms with van der Waals surface area (Å²) in [6.07, 6.45) is 3.28. The van der Waals surface area contributed by atoms with Gasteiger partial charge >= 0.3 is 0 Å². The Hall–Kier alpha value is -1.92. The van der Waals surface area contributed by atoms with Gasteiger partial charge in [-0.05, 0) is 43.5 Å². The van der Waals surface area contributed by atoms with Crippen molar-refractivity contribution in [3.8, 4) is 0 Å². The summed E-state index contributed by atoms with van der Waals surface area (Å²) in [6.45, 7) is 5.30. The van der Waals surface area contributed by atoms with E-state index >= 15 is 0 Å². The third-order valence-corrected chi connectivity index (χ3v) is 5.14. The monoisotopic (exact) mass is 305 g/mol. The third-order valence-electron chi connectivity index (χ3n) is 3.40. The molecule has 0 saturated carbocycles. The van der Waals surface area contributed by atoms with Crippen molar-refractivity contribution in [2.75, 3.05) is 5.73 Å². The first-order chi connectivity index (χ1) is 9.83. The van der Waals surface area contributed by atoms with Crippen LogP contribution in [0.25, 0.3) is 0 Å². The predicted molar refractivity (Wildman–Crippen MR) is 83.3 cm³/mol. The number of nitrogens with one attached hydrogen (secondary N) is 1. The Kier molecular flexibility index (Phi) is 4.29. The van der Waals surface area contributed by atoms with E-state index in [-0.39, 0.29) is 10.9 Å². The molecule has 2 aromatic rings. The number of nitrogens with two attached hydrogens (primary N) is 1. The summed E-state index contributed by atoms with van der Waals surface area (Å²) in [5, 5.41) is 0. The number of nitrogen functional groups attached to an aromatic ring is 1. The highest BCUT2D eigenvalue weighted by Crippen LogP contribution is 2.27. The summed E-state index contributed by atoms with van der Waals surface area (Å²) >= 11 is 0. The van der Waals surface area contributed by atoms with Crippen LogP contribution in [0.4, 0.5) is 5.69 Å². The molecule has 1 aromatic heterocycles. The molecule has 5 nitrogen and oxygen atoms in total. The minimum absolute atomic E-state index is 0.151. The van der Waals surface area contributed by atoms with Crippen molar-refractivity contribution in [3.63, 3.8) is 0 Å². The lowest BCUT2D eigenvalue weighted by Crippen LogP contribution is -2.28. The van der Waals surface area contributed by atoms with Crippen LogP contribution in [-0.2, 0) is 10.0 Å². The number of pyridine rings is 1. The van der Waals surface area contributed by atoms with Gasteiger partial charge in [0, 0.05) is 18.4 Å². The highest BCUT2D eigenvalue weighted by molar-refractivity contribution is 7.89. The average molecular weight is 305 g/mol. The van der Waals surface area contributed by atoms with Gasteiger partial charge in [-0.15, -0.1) is 0 Å². The number of sulfonamides is 1. The van der Waals surface area contributed by atoms with Gasteiger partial charge in [-0.25, -0.2) is 13.1 Å². The van der Waals surface area contributed by atoms with Crippen molar-refractivity contribution in [1.82, 2.24) is 9.71 Å². The lowest BCUT2D eigenvalue weighted by Gasteiger charge is -2.17.